The maximum atomic E-state index is 12.1. The molecule has 0 spiro atoms. The van der Waals surface area contributed by atoms with Crippen LogP contribution in [0.5, 0.6) is 0 Å². The van der Waals surface area contributed by atoms with Gasteiger partial charge in [0.15, 0.2) is 5.65 Å². The van der Waals surface area contributed by atoms with Crippen LogP contribution in [0.1, 0.15) is 6.92 Å². The Morgan fingerprint density at radius 2 is 2.06 bits per heavy atom. The Labute approximate surface area is 91.8 Å². The predicted octanol–water partition coefficient (Wildman–Crippen LogP) is 1.67. The average molecular weight is 213 g/mol. The van der Waals surface area contributed by atoms with Gasteiger partial charge in [-0.15, -0.1) is 0 Å². The summed E-state index contributed by atoms with van der Waals surface area (Å²) in [6, 6.07) is 7.57. The highest BCUT2D eigenvalue weighted by Crippen LogP contribution is 2.12. The first-order valence-corrected chi connectivity index (χ1v) is 5.27. The summed E-state index contributed by atoms with van der Waals surface area (Å²) in [6.45, 7) is 2.59. The van der Waals surface area contributed by atoms with Crippen LogP contribution in [0.15, 0.2) is 41.5 Å². The van der Waals surface area contributed by atoms with E-state index in [2.05, 4.69) is 4.98 Å². The Morgan fingerprint density at radius 1 is 1.25 bits per heavy atom. The Bertz CT molecular complexity index is 724. The highest BCUT2D eigenvalue weighted by Gasteiger charge is 2.08. The topological polar surface area (TPSA) is 39.3 Å². The van der Waals surface area contributed by atoms with Crippen LogP contribution in [0.3, 0.4) is 0 Å². The number of nitrogens with zero attached hydrogens (tertiary/aromatic N) is 3. The second-order valence-electron chi connectivity index (χ2n) is 3.66. The van der Waals surface area contributed by atoms with Crippen LogP contribution >= 0.6 is 0 Å². The van der Waals surface area contributed by atoms with Gasteiger partial charge in [0, 0.05) is 18.9 Å². The Morgan fingerprint density at radius 3 is 2.88 bits per heavy atom. The predicted molar refractivity (Wildman–Crippen MR) is 62.6 cm³/mol. The van der Waals surface area contributed by atoms with Crippen LogP contribution in [0, 0.1) is 0 Å². The molecule has 0 aliphatic carbocycles. The molecule has 0 saturated carbocycles. The zero-order chi connectivity index (χ0) is 11.1. The normalized spacial score (nSPS) is 11.3. The summed E-state index contributed by atoms with van der Waals surface area (Å²) >= 11 is 0. The summed E-state index contributed by atoms with van der Waals surface area (Å²) in [6.07, 6.45) is 3.60. The van der Waals surface area contributed by atoms with Crippen molar-refractivity contribution in [2.75, 3.05) is 0 Å². The molecule has 4 heteroatoms. The number of aromatic nitrogens is 3. The van der Waals surface area contributed by atoms with Gasteiger partial charge in [-0.25, -0.2) is 4.98 Å². The average Bonchev–Trinajstić information content (AvgIpc) is 2.79. The highest BCUT2D eigenvalue weighted by molar-refractivity contribution is 5.75. The molecule has 0 saturated heterocycles. The molecule has 0 unspecified atom stereocenters. The van der Waals surface area contributed by atoms with Crippen LogP contribution in [-0.2, 0) is 6.54 Å². The zero-order valence-corrected chi connectivity index (χ0v) is 8.92. The van der Waals surface area contributed by atoms with Crippen LogP contribution in [0.25, 0.3) is 16.7 Å². The first kappa shape index (κ1) is 9.15. The lowest BCUT2D eigenvalue weighted by Gasteiger charge is -2.08. The van der Waals surface area contributed by atoms with E-state index in [0.29, 0.717) is 12.1 Å². The van der Waals surface area contributed by atoms with E-state index in [1.807, 2.05) is 41.8 Å². The second kappa shape index (κ2) is 3.20. The van der Waals surface area contributed by atoms with Crippen molar-refractivity contribution in [1.29, 1.82) is 0 Å². The molecule has 3 heterocycles. The lowest BCUT2D eigenvalue weighted by molar-refractivity contribution is 0.748. The highest BCUT2D eigenvalue weighted by atomic mass is 16.1. The first-order valence-electron chi connectivity index (χ1n) is 5.27. The molecule has 0 aliphatic rings. The third-order valence-electron chi connectivity index (χ3n) is 2.81. The minimum atomic E-state index is 0.0127. The van der Waals surface area contributed by atoms with E-state index >= 15 is 0 Å². The third kappa shape index (κ3) is 1.04. The molecule has 16 heavy (non-hydrogen) atoms. The van der Waals surface area contributed by atoms with Crippen molar-refractivity contribution >= 4 is 16.7 Å². The number of hydrogen-bond donors (Lipinski definition) is 0. The van der Waals surface area contributed by atoms with E-state index in [-0.39, 0.29) is 5.56 Å². The lowest BCUT2D eigenvalue weighted by atomic mass is 10.4. The number of aryl methyl sites for hydroxylation is 1. The van der Waals surface area contributed by atoms with Gasteiger partial charge in [-0.1, -0.05) is 0 Å². The van der Waals surface area contributed by atoms with Crippen molar-refractivity contribution < 1.29 is 0 Å². The van der Waals surface area contributed by atoms with Crippen LogP contribution in [-0.4, -0.2) is 14.0 Å². The molecule has 3 aromatic rings. The fourth-order valence-electron chi connectivity index (χ4n) is 2.08. The van der Waals surface area contributed by atoms with E-state index in [9.17, 15) is 4.79 Å². The summed E-state index contributed by atoms with van der Waals surface area (Å²) in [7, 11) is 0. The molecule has 80 valence electrons. The summed E-state index contributed by atoms with van der Waals surface area (Å²) in [5.74, 6) is 0. The molecule has 0 aliphatic heterocycles. The number of hydrogen-bond acceptors (Lipinski definition) is 2. The maximum Gasteiger partial charge on any atom is 0.276 e. The van der Waals surface area contributed by atoms with Gasteiger partial charge in [0.05, 0.1) is 5.52 Å². The van der Waals surface area contributed by atoms with E-state index in [4.69, 9.17) is 0 Å². The third-order valence-corrected chi connectivity index (χ3v) is 2.81. The Balaban J connectivity index is 2.70. The molecule has 0 radical (unpaired) electrons. The van der Waals surface area contributed by atoms with Crippen molar-refractivity contribution in [2.24, 2.45) is 0 Å². The van der Waals surface area contributed by atoms with Gasteiger partial charge in [0.2, 0.25) is 0 Å². The van der Waals surface area contributed by atoms with E-state index in [1.54, 1.807) is 10.8 Å². The van der Waals surface area contributed by atoms with Gasteiger partial charge in [0.1, 0.15) is 5.52 Å². The van der Waals surface area contributed by atoms with Gasteiger partial charge in [-0.05, 0) is 31.2 Å². The molecule has 0 N–H and O–H groups in total. The van der Waals surface area contributed by atoms with Crippen molar-refractivity contribution in [3.8, 4) is 0 Å². The largest absolute Gasteiger partial charge is 0.309 e. The number of pyridine rings is 1. The molecule has 3 aromatic heterocycles. The molecule has 4 nitrogen and oxygen atoms in total. The molecule has 0 bridgehead atoms. The molecule has 0 amide bonds. The summed E-state index contributed by atoms with van der Waals surface area (Å²) in [4.78, 5) is 16.4. The van der Waals surface area contributed by atoms with E-state index < -0.39 is 0 Å². The Hall–Kier alpha value is -2.10. The molecule has 0 aromatic carbocycles. The molecule has 3 rings (SSSR count). The SMILES string of the molecule is CCn1c(=O)c2cccn2c2cccnc21. The minimum absolute atomic E-state index is 0.0127. The fourth-order valence-corrected chi connectivity index (χ4v) is 2.08. The quantitative estimate of drug-likeness (QED) is 0.616. The number of rotatable bonds is 1. The fraction of sp³-hybridized carbons (Fsp3) is 0.167. The summed E-state index contributed by atoms with van der Waals surface area (Å²) < 4.78 is 3.58. The van der Waals surface area contributed by atoms with Crippen molar-refractivity contribution in [2.45, 2.75) is 13.5 Å². The zero-order valence-electron chi connectivity index (χ0n) is 8.92. The number of fused-ring (bicyclic) bond motifs is 3. The molecule has 0 atom stereocenters. The lowest BCUT2D eigenvalue weighted by Crippen LogP contribution is -2.22. The van der Waals surface area contributed by atoms with Crippen LogP contribution < -0.4 is 5.56 Å². The second-order valence-corrected chi connectivity index (χ2v) is 3.66. The summed E-state index contributed by atoms with van der Waals surface area (Å²) in [5, 5.41) is 0. The minimum Gasteiger partial charge on any atom is -0.309 e. The van der Waals surface area contributed by atoms with Crippen LogP contribution in [0.4, 0.5) is 0 Å². The van der Waals surface area contributed by atoms with E-state index in [1.165, 1.54) is 0 Å². The Kier molecular flexibility index (Phi) is 1.83. The van der Waals surface area contributed by atoms with Crippen LogP contribution in [0.2, 0.25) is 0 Å². The standard InChI is InChI=1S/C12H11N3O/c1-2-14-11-9(5-3-7-13-11)15-8-4-6-10(15)12(14)16/h3-8H,2H2,1H3. The van der Waals surface area contributed by atoms with Gasteiger partial charge in [-0.2, -0.15) is 0 Å². The van der Waals surface area contributed by atoms with Gasteiger partial charge in [-0.3, -0.25) is 9.36 Å². The van der Waals surface area contributed by atoms with Gasteiger partial charge >= 0.3 is 0 Å². The smallest absolute Gasteiger partial charge is 0.276 e. The first-order chi connectivity index (χ1) is 7.83. The van der Waals surface area contributed by atoms with Gasteiger partial charge in [0.25, 0.3) is 5.56 Å². The molecule has 0 fully saturated rings. The van der Waals surface area contributed by atoms with Crippen molar-refractivity contribution in [1.82, 2.24) is 14.0 Å². The van der Waals surface area contributed by atoms with Crippen molar-refractivity contribution in [3.63, 3.8) is 0 Å². The summed E-state index contributed by atoms with van der Waals surface area (Å²) in [5.41, 5.74) is 2.41. The molecular weight excluding hydrogens is 202 g/mol. The molecular formula is C12H11N3O. The van der Waals surface area contributed by atoms with Crippen molar-refractivity contribution in [3.05, 3.63) is 47.0 Å². The van der Waals surface area contributed by atoms with E-state index in [0.717, 1.165) is 11.2 Å². The monoisotopic (exact) mass is 213 g/mol. The van der Waals surface area contributed by atoms with Gasteiger partial charge < -0.3 is 4.40 Å². The maximum absolute atomic E-state index is 12.1.